The van der Waals surface area contributed by atoms with Crippen molar-refractivity contribution in [1.29, 1.82) is 5.26 Å². The smallest absolute Gasteiger partial charge is 0.340 e. The lowest BCUT2D eigenvalue weighted by atomic mass is 10.0. The normalized spacial score (nSPS) is 9.65. The standard InChI is InChI=1S/C20H14N2O3.ClH/c21-12-16-11-15(8-9-18(16)23)19-17(7-4-10-22-19)20(24)25-13-14-5-2-1-3-6-14;/h1-11,23H,13H2;1H. The van der Waals surface area contributed by atoms with E-state index in [0.717, 1.165) is 5.56 Å². The first-order chi connectivity index (χ1) is 12.2. The molecule has 0 radical (unpaired) electrons. The molecule has 1 N–H and O–H groups in total. The zero-order valence-corrected chi connectivity index (χ0v) is 14.4. The lowest BCUT2D eigenvalue weighted by Crippen LogP contribution is -2.08. The molecule has 5 nitrogen and oxygen atoms in total. The summed E-state index contributed by atoms with van der Waals surface area (Å²) in [5.41, 5.74) is 2.26. The number of carbonyl (C=O) groups is 1. The Bertz CT molecular complexity index is 953. The minimum absolute atomic E-state index is 0. The Morgan fingerprint density at radius 2 is 1.88 bits per heavy atom. The van der Waals surface area contributed by atoms with Crippen molar-refractivity contribution in [3.63, 3.8) is 0 Å². The van der Waals surface area contributed by atoms with Gasteiger partial charge in [0.25, 0.3) is 0 Å². The minimum atomic E-state index is -0.501. The first-order valence-corrected chi connectivity index (χ1v) is 7.58. The molecule has 0 saturated carbocycles. The number of carbonyl (C=O) groups excluding carboxylic acids is 1. The van der Waals surface area contributed by atoms with E-state index in [-0.39, 0.29) is 30.3 Å². The number of aromatic hydroxyl groups is 1. The van der Waals surface area contributed by atoms with Crippen molar-refractivity contribution < 1.29 is 14.6 Å². The predicted molar refractivity (Wildman–Crippen MR) is 98.9 cm³/mol. The third-order valence-corrected chi connectivity index (χ3v) is 3.63. The molecular weight excluding hydrogens is 352 g/mol. The van der Waals surface area contributed by atoms with Gasteiger partial charge in [0, 0.05) is 11.8 Å². The Morgan fingerprint density at radius 1 is 1.12 bits per heavy atom. The van der Waals surface area contributed by atoms with E-state index in [1.807, 2.05) is 36.4 Å². The largest absolute Gasteiger partial charge is 0.507 e. The number of phenols is 1. The summed E-state index contributed by atoms with van der Waals surface area (Å²) in [6.07, 6.45) is 1.56. The zero-order valence-electron chi connectivity index (χ0n) is 13.6. The molecule has 1 aromatic heterocycles. The molecule has 0 saturated heterocycles. The molecule has 130 valence electrons. The molecule has 0 aliphatic carbocycles. The topological polar surface area (TPSA) is 83.2 Å². The summed E-state index contributed by atoms with van der Waals surface area (Å²) >= 11 is 0. The van der Waals surface area contributed by atoms with Crippen LogP contribution in [-0.2, 0) is 11.3 Å². The van der Waals surface area contributed by atoms with Gasteiger partial charge >= 0.3 is 5.97 Å². The number of aromatic nitrogens is 1. The number of halogens is 1. The average Bonchev–Trinajstić information content (AvgIpc) is 2.67. The van der Waals surface area contributed by atoms with Gasteiger partial charge < -0.3 is 9.84 Å². The van der Waals surface area contributed by atoms with E-state index < -0.39 is 5.97 Å². The van der Waals surface area contributed by atoms with Crippen LogP contribution in [0.15, 0.2) is 66.9 Å². The highest BCUT2D eigenvalue weighted by Gasteiger charge is 2.16. The molecule has 0 bridgehead atoms. The van der Waals surface area contributed by atoms with E-state index in [2.05, 4.69) is 4.98 Å². The van der Waals surface area contributed by atoms with Gasteiger partial charge in [-0.15, -0.1) is 12.4 Å². The molecule has 0 aliphatic rings. The Balaban J connectivity index is 0.00000243. The lowest BCUT2D eigenvalue weighted by molar-refractivity contribution is 0.0473. The SMILES string of the molecule is Cl.N#Cc1cc(-c2ncccc2C(=O)OCc2ccccc2)ccc1O. The highest BCUT2D eigenvalue weighted by Crippen LogP contribution is 2.27. The molecule has 1 heterocycles. The molecule has 0 unspecified atom stereocenters. The van der Waals surface area contributed by atoms with Crippen LogP contribution in [-0.4, -0.2) is 16.1 Å². The fraction of sp³-hybridized carbons (Fsp3) is 0.0500. The van der Waals surface area contributed by atoms with E-state index in [9.17, 15) is 9.90 Å². The number of hydrogen-bond donors (Lipinski definition) is 1. The number of pyridine rings is 1. The molecule has 0 amide bonds. The monoisotopic (exact) mass is 366 g/mol. The third kappa shape index (κ3) is 4.18. The van der Waals surface area contributed by atoms with Crippen molar-refractivity contribution in [1.82, 2.24) is 4.98 Å². The van der Waals surface area contributed by atoms with Crippen molar-refractivity contribution in [2.45, 2.75) is 6.61 Å². The summed E-state index contributed by atoms with van der Waals surface area (Å²) in [7, 11) is 0. The first kappa shape index (κ1) is 19.0. The Morgan fingerprint density at radius 3 is 2.62 bits per heavy atom. The Hall–Kier alpha value is -3.36. The zero-order chi connectivity index (χ0) is 17.6. The van der Waals surface area contributed by atoms with E-state index >= 15 is 0 Å². The van der Waals surface area contributed by atoms with Gasteiger partial charge in [-0.2, -0.15) is 5.26 Å². The summed E-state index contributed by atoms with van der Waals surface area (Å²) in [6, 6.07) is 19.1. The molecule has 0 atom stereocenters. The van der Waals surface area contributed by atoms with E-state index in [4.69, 9.17) is 10.00 Å². The van der Waals surface area contributed by atoms with Crippen LogP contribution in [0.4, 0.5) is 0 Å². The van der Waals surface area contributed by atoms with Gasteiger partial charge in [0.05, 0.1) is 16.8 Å². The number of ether oxygens (including phenoxy) is 1. The third-order valence-electron chi connectivity index (χ3n) is 3.63. The highest BCUT2D eigenvalue weighted by atomic mass is 35.5. The van der Waals surface area contributed by atoms with Crippen molar-refractivity contribution in [3.8, 4) is 23.1 Å². The van der Waals surface area contributed by atoms with Crippen LogP contribution in [0, 0.1) is 11.3 Å². The van der Waals surface area contributed by atoms with Crippen LogP contribution in [0.1, 0.15) is 21.5 Å². The molecule has 26 heavy (non-hydrogen) atoms. The Kier molecular flexibility index (Phi) is 6.31. The number of esters is 1. The summed E-state index contributed by atoms with van der Waals surface area (Å²) < 4.78 is 5.36. The number of hydrogen-bond acceptors (Lipinski definition) is 5. The highest BCUT2D eigenvalue weighted by molar-refractivity contribution is 5.96. The van der Waals surface area contributed by atoms with Gasteiger partial charge in [0.2, 0.25) is 0 Å². The maximum Gasteiger partial charge on any atom is 0.340 e. The molecule has 6 heteroatoms. The Labute approximate surface area is 156 Å². The van der Waals surface area contributed by atoms with E-state index in [0.29, 0.717) is 16.8 Å². The number of phenolic OH excluding ortho intramolecular Hbond substituents is 1. The maximum atomic E-state index is 12.5. The average molecular weight is 367 g/mol. The van der Waals surface area contributed by atoms with E-state index in [1.165, 1.54) is 12.1 Å². The van der Waals surface area contributed by atoms with Crippen molar-refractivity contribution >= 4 is 18.4 Å². The molecule has 0 fully saturated rings. The molecule has 3 aromatic rings. The van der Waals surface area contributed by atoms with Crippen LogP contribution >= 0.6 is 12.4 Å². The number of nitrogens with zero attached hydrogens (tertiary/aromatic N) is 2. The van der Waals surface area contributed by atoms with Gasteiger partial charge in [-0.05, 0) is 35.9 Å². The van der Waals surface area contributed by atoms with Crippen LogP contribution in [0.5, 0.6) is 5.75 Å². The number of rotatable bonds is 4. The summed E-state index contributed by atoms with van der Waals surface area (Å²) in [4.78, 5) is 16.7. The second-order valence-electron chi connectivity index (χ2n) is 5.31. The maximum absolute atomic E-state index is 12.5. The molecule has 0 spiro atoms. The summed E-state index contributed by atoms with van der Waals surface area (Å²) in [6.45, 7) is 0.160. The molecule has 0 aliphatic heterocycles. The summed E-state index contributed by atoms with van der Waals surface area (Å²) in [5, 5.41) is 18.7. The van der Waals surface area contributed by atoms with Crippen LogP contribution in [0.25, 0.3) is 11.3 Å². The van der Waals surface area contributed by atoms with Crippen molar-refractivity contribution in [2.75, 3.05) is 0 Å². The van der Waals surface area contributed by atoms with Gasteiger partial charge in [-0.1, -0.05) is 30.3 Å². The van der Waals surface area contributed by atoms with Crippen molar-refractivity contribution in [3.05, 3.63) is 83.6 Å². The summed E-state index contributed by atoms with van der Waals surface area (Å²) in [5.74, 6) is -0.617. The van der Waals surface area contributed by atoms with Gasteiger partial charge in [-0.3, -0.25) is 4.98 Å². The predicted octanol–water partition coefficient (Wildman–Crippen LogP) is 4.10. The second-order valence-corrected chi connectivity index (χ2v) is 5.31. The first-order valence-electron chi connectivity index (χ1n) is 7.58. The van der Waals surface area contributed by atoms with Crippen LogP contribution in [0.3, 0.4) is 0 Å². The van der Waals surface area contributed by atoms with Gasteiger partial charge in [0.1, 0.15) is 18.4 Å². The quantitative estimate of drug-likeness (QED) is 0.702. The lowest BCUT2D eigenvalue weighted by Gasteiger charge is -2.09. The fourth-order valence-electron chi connectivity index (χ4n) is 2.37. The molecular formula is C20H15ClN2O3. The molecule has 3 rings (SSSR count). The minimum Gasteiger partial charge on any atom is -0.507 e. The van der Waals surface area contributed by atoms with Crippen LogP contribution in [0.2, 0.25) is 0 Å². The van der Waals surface area contributed by atoms with Gasteiger partial charge in [0.15, 0.2) is 0 Å². The fourth-order valence-corrected chi connectivity index (χ4v) is 2.37. The molecule has 2 aromatic carbocycles. The van der Waals surface area contributed by atoms with Crippen molar-refractivity contribution in [2.24, 2.45) is 0 Å². The second kappa shape index (κ2) is 8.65. The van der Waals surface area contributed by atoms with Crippen LogP contribution < -0.4 is 0 Å². The van der Waals surface area contributed by atoms with Gasteiger partial charge in [-0.25, -0.2) is 4.79 Å². The number of benzene rings is 2. The number of nitriles is 1. The van der Waals surface area contributed by atoms with E-state index in [1.54, 1.807) is 24.4 Å².